The lowest BCUT2D eigenvalue weighted by atomic mass is 10.2. The fourth-order valence-electron chi connectivity index (χ4n) is 1.13. The average molecular weight is 250 g/mol. The molecule has 0 heterocycles. The molecule has 1 aromatic rings. The van der Waals surface area contributed by atoms with E-state index >= 15 is 0 Å². The molecular formula is C12H14N2O4. The number of methoxy groups -OCH3 is 1. The Morgan fingerprint density at radius 2 is 2.22 bits per heavy atom. The molecule has 3 N–H and O–H groups in total. The Morgan fingerprint density at radius 1 is 1.44 bits per heavy atom. The van der Waals surface area contributed by atoms with Crippen molar-refractivity contribution in [3.05, 3.63) is 35.9 Å². The van der Waals surface area contributed by atoms with Gasteiger partial charge in [0.05, 0.1) is 7.11 Å². The third kappa shape index (κ3) is 5.13. The van der Waals surface area contributed by atoms with E-state index in [9.17, 15) is 9.59 Å². The molecule has 0 aromatic heterocycles. The van der Waals surface area contributed by atoms with Gasteiger partial charge in [-0.3, -0.25) is 14.4 Å². The molecule has 0 aliphatic heterocycles. The first-order chi connectivity index (χ1) is 8.61. The predicted molar refractivity (Wildman–Crippen MR) is 65.3 cm³/mol. The second kappa shape index (κ2) is 7.08. The van der Waals surface area contributed by atoms with Crippen molar-refractivity contribution < 1.29 is 19.2 Å². The number of primary amides is 1. The first-order valence-electron chi connectivity index (χ1n) is 5.14. The van der Waals surface area contributed by atoms with E-state index in [-0.39, 0.29) is 6.61 Å². The fraction of sp³-hybridized carbons (Fsp3) is 0.167. The fourth-order valence-corrected chi connectivity index (χ4v) is 1.13. The number of ether oxygens (including phenoxy) is 1. The Labute approximate surface area is 104 Å². The van der Waals surface area contributed by atoms with Crippen LogP contribution in [0.4, 0.5) is 0 Å². The number of rotatable bonds is 6. The third-order valence-corrected chi connectivity index (χ3v) is 1.91. The highest BCUT2D eigenvalue weighted by Crippen LogP contribution is 2.13. The van der Waals surface area contributed by atoms with Gasteiger partial charge in [0, 0.05) is 6.08 Å². The van der Waals surface area contributed by atoms with Crippen LogP contribution in [0.5, 0.6) is 5.75 Å². The van der Waals surface area contributed by atoms with E-state index in [1.54, 1.807) is 31.4 Å². The van der Waals surface area contributed by atoms with Crippen LogP contribution in [0.25, 0.3) is 6.08 Å². The molecule has 2 amide bonds. The minimum absolute atomic E-state index is 0.362. The standard InChI is InChI=1S/C12H14N2O4/c1-17-10-4-2-3-9(7-10)5-6-12(16)14-18-8-11(13)15/h2-7H,8H2,1H3,(H2,13,15)(H,14,16)/b6-5+. The molecule has 0 saturated carbocycles. The Balaban J connectivity index is 2.47. The van der Waals surface area contributed by atoms with Crippen LogP contribution in [0.2, 0.25) is 0 Å². The molecule has 0 spiro atoms. The highest BCUT2D eigenvalue weighted by atomic mass is 16.7. The van der Waals surface area contributed by atoms with E-state index < -0.39 is 11.8 Å². The lowest BCUT2D eigenvalue weighted by Crippen LogP contribution is -2.28. The van der Waals surface area contributed by atoms with Crippen molar-refractivity contribution in [3.8, 4) is 5.75 Å². The predicted octanol–water partition coefficient (Wildman–Crippen LogP) is 0.241. The van der Waals surface area contributed by atoms with E-state index in [1.807, 2.05) is 6.07 Å². The van der Waals surface area contributed by atoms with Gasteiger partial charge in [-0.05, 0) is 23.8 Å². The summed E-state index contributed by atoms with van der Waals surface area (Å²) in [5.41, 5.74) is 7.69. The molecule has 0 saturated heterocycles. The molecule has 1 aromatic carbocycles. The normalized spacial score (nSPS) is 10.3. The van der Waals surface area contributed by atoms with Crippen molar-refractivity contribution in [2.45, 2.75) is 0 Å². The first kappa shape index (κ1) is 13.7. The SMILES string of the molecule is COc1cccc(/C=C/C(=O)NOCC(N)=O)c1. The molecule has 1 rings (SSSR count). The topological polar surface area (TPSA) is 90.7 Å². The smallest absolute Gasteiger partial charge is 0.267 e. The number of amides is 2. The number of benzene rings is 1. The first-order valence-corrected chi connectivity index (χ1v) is 5.14. The van der Waals surface area contributed by atoms with Crippen molar-refractivity contribution in [1.29, 1.82) is 0 Å². The second-order valence-corrected chi connectivity index (χ2v) is 3.33. The molecular weight excluding hydrogens is 236 g/mol. The third-order valence-electron chi connectivity index (χ3n) is 1.91. The molecule has 0 fully saturated rings. The molecule has 0 unspecified atom stereocenters. The van der Waals surface area contributed by atoms with Crippen LogP contribution in [-0.2, 0) is 14.4 Å². The number of carbonyl (C=O) groups excluding carboxylic acids is 2. The van der Waals surface area contributed by atoms with E-state index in [1.165, 1.54) is 6.08 Å². The quantitative estimate of drug-likeness (QED) is 0.559. The van der Waals surface area contributed by atoms with Crippen LogP contribution < -0.4 is 16.0 Å². The summed E-state index contributed by atoms with van der Waals surface area (Å²) in [5.74, 6) is -0.450. The zero-order valence-electron chi connectivity index (χ0n) is 9.88. The van der Waals surface area contributed by atoms with Gasteiger partial charge in [0.1, 0.15) is 5.75 Å². The van der Waals surface area contributed by atoms with Crippen LogP contribution in [-0.4, -0.2) is 25.5 Å². The maximum Gasteiger partial charge on any atom is 0.267 e. The maximum atomic E-state index is 11.2. The Hall–Kier alpha value is -2.34. The monoisotopic (exact) mass is 250 g/mol. The molecule has 0 aliphatic carbocycles. The second-order valence-electron chi connectivity index (χ2n) is 3.33. The molecule has 0 radical (unpaired) electrons. The van der Waals surface area contributed by atoms with Crippen molar-refractivity contribution in [3.63, 3.8) is 0 Å². The van der Waals surface area contributed by atoms with Crippen LogP contribution in [0.1, 0.15) is 5.56 Å². The Morgan fingerprint density at radius 3 is 2.89 bits per heavy atom. The summed E-state index contributed by atoms with van der Waals surface area (Å²) in [6.07, 6.45) is 2.86. The highest BCUT2D eigenvalue weighted by molar-refractivity contribution is 5.91. The van der Waals surface area contributed by atoms with E-state index in [0.717, 1.165) is 5.56 Å². The minimum Gasteiger partial charge on any atom is -0.497 e. The summed E-state index contributed by atoms with van der Waals surface area (Å²) in [6, 6.07) is 7.19. The largest absolute Gasteiger partial charge is 0.497 e. The van der Waals surface area contributed by atoms with Crippen molar-refractivity contribution in [1.82, 2.24) is 5.48 Å². The lowest BCUT2D eigenvalue weighted by molar-refractivity contribution is -0.134. The number of carbonyl (C=O) groups is 2. The summed E-state index contributed by atoms with van der Waals surface area (Å²) in [7, 11) is 1.56. The molecule has 0 aliphatic rings. The number of hydrogen-bond donors (Lipinski definition) is 2. The van der Waals surface area contributed by atoms with Gasteiger partial charge in [-0.1, -0.05) is 12.1 Å². The van der Waals surface area contributed by atoms with Crippen LogP contribution in [0, 0.1) is 0 Å². The number of nitrogens with two attached hydrogens (primary N) is 1. The van der Waals surface area contributed by atoms with Crippen molar-refractivity contribution in [2.24, 2.45) is 5.73 Å². The summed E-state index contributed by atoms with van der Waals surface area (Å²) in [6.45, 7) is -0.362. The zero-order valence-corrected chi connectivity index (χ0v) is 9.88. The zero-order chi connectivity index (χ0) is 13.4. The van der Waals surface area contributed by atoms with Gasteiger partial charge in [-0.25, -0.2) is 5.48 Å². The van der Waals surface area contributed by atoms with Gasteiger partial charge < -0.3 is 10.5 Å². The number of hydroxylamine groups is 1. The van der Waals surface area contributed by atoms with Gasteiger partial charge in [0.15, 0.2) is 6.61 Å². The van der Waals surface area contributed by atoms with E-state index in [0.29, 0.717) is 5.75 Å². The van der Waals surface area contributed by atoms with Gasteiger partial charge in [-0.2, -0.15) is 0 Å². The van der Waals surface area contributed by atoms with Crippen LogP contribution in [0.15, 0.2) is 30.3 Å². The summed E-state index contributed by atoms with van der Waals surface area (Å²) in [5, 5.41) is 0. The number of hydrogen-bond acceptors (Lipinski definition) is 4. The summed E-state index contributed by atoms with van der Waals surface area (Å²) in [4.78, 5) is 26.1. The summed E-state index contributed by atoms with van der Waals surface area (Å²) >= 11 is 0. The lowest BCUT2D eigenvalue weighted by Gasteiger charge is -2.01. The average Bonchev–Trinajstić information content (AvgIpc) is 2.36. The van der Waals surface area contributed by atoms with Crippen LogP contribution in [0.3, 0.4) is 0 Å². The molecule has 96 valence electrons. The molecule has 6 heteroatoms. The molecule has 6 nitrogen and oxygen atoms in total. The van der Waals surface area contributed by atoms with Gasteiger partial charge in [0.2, 0.25) is 5.91 Å². The molecule has 18 heavy (non-hydrogen) atoms. The van der Waals surface area contributed by atoms with Gasteiger partial charge >= 0.3 is 0 Å². The Bertz CT molecular complexity index is 457. The highest BCUT2D eigenvalue weighted by Gasteiger charge is 1.98. The summed E-state index contributed by atoms with van der Waals surface area (Å²) < 4.78 is 5.04. The minimum atomic E-state index is -0.660. The molecule has 0 bridgehead atoms. The molecule has 0 atom stereocenters. The van der Waals surface area contributed by atoms with E-state index in [2.05, 4.69) is 10.3 Å². The van der Waals surface area contributed by atoms with E-state index in [4.69, 9.17) is 10.5 Å². The van der Waals surface area contributed by atoms with Gasteiger partial charge in [0.25, 0.3) is 5.91 Å². The number of nitrogens with one attached hydrogen (secondary N) is 1. The Kier molecular flexibility index (Phi) is 5.40. The van der Waals surface area contributed by atoms with Crippen molar-refractivity contribution >= 4 is 17.9 Å². The van der Waals surface area contributed by atoms with Crippen LogP contribution >= 0.6 is 0 Å². The maximum absolute atomic E-state index is 11.2. The van der Waals surface area contributed by atoms with Crippen molar-refractivity contribution in [2.75, 3.05) is 13.7 Å². The van der Waals surface area contributed by atoms with Gasteiger partial charge in [-0.15, -0.1) is 0 Å².